The maximum Gasteiger partial charge on any atom is 0.213 e. The van der Waals surface area contributed by atoms with Crippen molar-refractivity contribution in [2.24, 2.45) is 5.92 Å². The molecule has 0 bridgehead atoms. The molecule has 2 aromatic rings. The van der Waals surface area contributed by atoms with E-state index in [1.807, 2.05) is 36.4 Å². The SMILES string of the molecule is COc1cccc(CC2CCCc3ccccc3C2=O)n1. The Balaban J connectivity index is 1.84. The summed E-state index contributed by atoms with van der Waals surface area (Å²) in [4.78, 5) is 17.2. The van der Waals surface area contributed by atoms with Gasteiger partial charge in [0.05, 0.1) is 7.11 Å². The lowest BCUT2D eigenvalue weighted by atomic mass is 9.91. The molecule has 1 aromatic carbocycles. The van der Waals surface area contributed by atoms with Gasteiger partial charge in [0, 0.05) is 23.2 Å². The van der Waals surface area contributed by atoms with Crippen molar-refractivity contribution < 1.29 is 9.53 Å². The summed E-state index contributed by atoms with van der Waals surface area (Å²) < 4.78 is 5.16. The first-order valence-electron chi connectivity index (χ1n) is 7.40. The van der Waals surface area contributed by atoms with Crippen molar-refractivity contribution in [1.29, 1.82) is 0 Å². The van der Waals surface area contributed by atoms with E-state index in [1.165, 1.54) is 5.56 Å². The van der Waals surface area contributed by atoms with Gasteiger partial charge in [0.25, 0.3) is 0 Å². The van der Waals surface area contributed by atoms with Gasteiger partial charge in [-0.2, -0.15) is 0 Å². The van der Waals surface area contributed by atoms with Crippen molar-refractivity contribution in [2.45, 2.75) is 25.7 Å². The van der Waals surface area contributed by atoms with E-state index < -0.39 is 0 Å². The van der Waals surface area contributed by atoms with Crippen LogP contribution in [0.1, 0.15) is 34.5 Å². The Morgan fingerprint density at radius 1 is 1.19 bits per heavy atom. The van der Waals surface area contributed by atoms with Crippen LogP contribution in [0.2, 0.25) is 0 Å². The van der Waals surface area contributed by atoms with Crippen molar-refractivity contribution in [3.8, 4) is 5.88 Å². The van der Waals surface area contributed by atoms with E-state index in [9.17, 15) is 4.79 Å². The quantitative estimate of drug-likeness (QED) is 0.809. The van der Waals surface area contributed by atoms with Crippen LogP contribution in [0.15, 0.2) is 42.5 Å². The van der Waals surface area contributed by atoms with E-state index in [4.69, 9.17) is 4.74 Å². The molecule has 0 amide bonds. The van der Waals surface area contributed by atoms with Crippen molar-refractivity contribution in [3.05, 3.63) is 59.3 Å². The Bertz CT molecular complexity index is 651. The molecule has 1 atom stereocenters. The van der Waals surface area contributed by atoms with Gasteiger partial charge >= 0.3 is 0 Å². The van der Waals surface area contributed by atoms with Crippen molar-refractivity contribution >= 4 is 5.78 Å². The summed E-state index contributed by atoms with van der Waals surface area (Å²) in [5.41, 5.74) is 3.00. The van der Waals surface area contributed by atoms with Crippen molar-refractivity contribution in [3.63, 3.8) is 0 Å². The predicted octanol–water partition coefficient (Wildman–Crippen LogP) is 3.47. The van der Waals surface area contributed by atoms with Gasteiger partial charge in [-0.1, -0.05) is 30.3 Å². The van der Waals surface area contributed by atoms with Crippen LogP contribution in [0.25, 0.3) is 0 Å². The molecule has 0 saturated heterocycles. The molecule has 1 aliphatic carbocycles. The van der Waals surface area contributed by atoms with Gasteiger partial charge in [0.1, 0.15) is 0 Å². The van der Waals surface area contributed by atoms with Crippen LogP contribution in [0.4, 0.5) is 0 Å². The molecule has 0 fully saturated rings. The molecule has 3 nitrogen and oxygen atoms in total. The summed E-state index contributed by atoms with van der Waals surface area (Å²) in [5.74, 6) is 0.884. The Hall–Kier alpha value is -2.16. The largest absolute Gasteiger partial charge is 0.481 e. The average molecular weight is 281 g/mol. The molecule has 0 N–H and O–H groups in total. The molecular weight excluding hydrogens is 262 g/mol. The smallest absolute Gasteiger partial charge is 0.213 e. The second kappa shape index (κ2) is 6.08. The maximum absolute atomic E-state index is 12.7. The number of carbonyl (C=O) groups is 1. The molecule has 0 radical (unpaired) electrons. The summed E-state index contributed by atoms with van der Waals surface area (Å²) in [5, 5.41) is 0. The van der Waals surface area contributed by atoms with Crippen LogP contribution in [0.3, 0.4) is 0 Å². The van der Waals surface area contributed by atoms with Crippen LogP contribution in [-0.2, 0) is 12.8 Å². The lowest BCUT2D eigenvalue weighted by Gasteiger charge is -2.13. The molecule has 0 saturated carbocycles. The first-order chi connectivity index (χ1) is 10.3. The molecule has 3 rings (SSSR count). The van der Waals surface area contributed by atoms with Crippen molar-refractivity contribution in [2.75, 3.05) is 7.11 Å². The van der Waals surface area contributed by atoms with Gasteiger partial charge < -0.3 is 4.74 Å². The number of nitrogens with zero attached hydrogens (tertiary/aromatic N) is 1. The monoisotopic (exact) mass is 281 g/mol. The topological polar surface area (TPSA) is 39.2 Å². The summed E-state index contributed by atoms with van der Waals surface area (Å²) in [6, 6.07) is 13.7. The molecule has 1 aromatic heterocycles. The standard InChI is InChI=1S/C18H19NO2/c1-21-17-11-5-9-15(19-17)12-14-8-4-7-13-6-2-3-10-16(13)18(14)20/h2-3,5-6,9-11,14H,4,7-8,12H2,1H3. The number of benzene rings is 1. The minimum absolute atomic E-state index is 0.0215. The lowest BCUT2D eigenvalue weighted by molar-refractivity contribution is 0.0914. The highest BCUT2D eigenvalue weighted by Crippen LogP contribution is 2.27. The third-order valence-electron chi connectivity index (χ3n) is 4.10. The van der Waals surface area contributed by atoms with Gasteiger partial charge in [-0.15, -0.1) is 0 Å². The summed E-state index contributed by atoms with van der Waals surface area (Å²) in [7, 11) is 1.61. The Labute approximate surface area is 125 Å². The first-order valence-corrected chi connectivity index (χ1v) is 7.40. The molecule has 0 aliphatic heterocycles. The molecule has 0 spiro atoms. The van der Waals surface area contributed by atoms with E-state index in [2.05, 4.69) is 11.1 Å². The van der Waals surface area contributed by atoms with Crippen LogP contribution in [0, 0.1) is 5.92 Å². The lowest BCUT2D eigenvalue weighted by Crippen LogP contribution is -2.17. The molecule has 108 valence electrons. The van der Waals surface area contributed by atoms with E-state index in [0.717, 1.165) is 30.5 Å². The molecule has 1 heterocycles. The number of hydrogen-bond acceptors (Lipinski definition) is 3. The second-order valence-corrected chi connectivity index (χ2v) is 5.49. The average Bonchev–Trinajstić information content (AvgIpc) is 2.68. The van der Waals surface area contributed by atoms with Gasteiger partial charge in [-0.3, -0.25) is 4.79 Å². The summed E-state index contributed by atoms with van der Waals surface area (Å²) >= 11 is 0. The van der Waals surface area contributed by atoms with Gasteiger partial charge in [-0.05, 0) is 37.3 Å². The number of aromatic nitrogens is 1. The fourth-order valence-corrected chi connectivity index (χ4v) is 3.00. The molecule has 3 heteroatoms. The summed E-state index contributed by atoms with van der Waals surface area (Å²) in [6.45, 7) is 0. The van der Waals surface area contributed by atoms with Gasteiger partial charge in [0.15, 0.2) is 5.78 Å². The number of carbonyl (C=O) groups excluding carboxylic acids is 1. The number of pyridine rings is 1. The molecular formula is C18H19NO2. The van der Waals surface area contributed by atoms with Gasteiger partial charge in [-0.25, -0.2) is 4.98 Å². The zero-order chi connectivity index (χ0) is 14.7. The fourth-order valence-electron chi connectivity index (χ4n) is 3.00. The second-order valence-electron chi connectivity index (χ2n) is 5.49. The first kappa shape index (κ1) is 13.8. The Morgan fingerprint density at radius 2 is 2.05 bits per heavy atom. The van der Waals surface area contributed by atoms with Crippen LogP contribution in [0.5, 0.6) is 5.88 Å². The number of rotatable bonds is 3. The van der Waals surface area contributed by atoms with Gasteiger partial charge in [0.2, 0.25) is 5.88 Å². The highest BCUT2D eigenvalue weighted by molar-refractivity contribution is 5.99. The fraction of sp³-hybridized carbons (Fsp3) is 0.333. The number of Topliss-reactive ketones (excluding diaryl/α,β-unsaturated/α-hetero) is 1. The number of fused-ring (bicyclic) bond motifs is 1. The Kier molecular flexibility index (Phi) is 4.00. The Morgan fingerprint density at radius 3 is 2.90 bits per heavy atom. The zero-order valence-electron chi connectivity index (χ0n) is 12.2. The molecule has 1 unspecified atom stereocenters. The normalized spacial score (nSPS) is 18.0. The third kappa shape index (κ3) is 2.97. The maximum atomic E-state index is 12.7. The third-order valence-corrected chi connectivity index (χ3v) is 4.10. The minimum atomic E-state index is 0.0215. The number of aryl methyl sites for hydroxylation is 1. The molecule has 1 aliphatic rings. The van der Waals surface area contributed by atoms with Crippen LogP contribution < -0.4 is 4.74 Å². The highest BCUT2D eigenvalue weighted by Gasteiger charge is 2.25. The van der Waals surface area contributed by atoms with E-state index in [0.29, 0.717) is 12.3 Å². The number of methoxy groups -OCH3 is 1. The van der Waals surface area contributed by atoms with Crippen LogP contribution >= 0.6 is 0 Å². The number of ether oxygens (including phenoxy) is 1. The minimum Gasteiger partial charge on any atom is -0.481 e. The zero-order valence-corrected chi connectivity index (χ0v) is 12.2. The van der Waals surface area contributed by atoms with E-state index in [-0.39, 0.29) is 11.7 Å². The van der Waals surface area contributed by atoms with Crippen LogP contribution in [-0.4, -0.2) is 17.9 Å². The predicted molar refractivity (Wildman–Crippen MR) is 81.7 cm³/mol. The van der Waals surface area contributed by atoms with Crippen molar-refractivity contribution in [1.82, 2.24) is 4.98 Å². The molecule has 21 heavy (non-hydrogen) atoms. The highest BCUT2D eigenvalue weighted by atomic mass is 16.5. The number of ketones is 1. The van der Waals surface area contributed by atoms with E-state index >= 15 is 0 Å². The van der Waals surface area contributed by atoms with E-state index in [1.54, 1.807) is 7.11 Å². The number of hydrogen-bond donors (Lipinski definition) is 0. The summed E-state index contributed by atoms with van der Waals surface area (Å²) in [6.07, 6.45) is 3.65.